The molecule has 16 rings (SSSR count). The van der Waals surface area contributed by atoms with E-state index < -0.39 is 52.6 Å². The minimum atomic E-state index is -1.58. The molecule has 3 aliphatic rings. The summed E-state index contributed by atoms with van der Waals surface area (Å²) in [7, 11) is 3.29. The average molecular weight is 1950 g/mol. The summed E-state index contributed by atoms with van der Waals surface area (Å²) in [6.07, 6.45) is 6.06. The highest BCUT2D eigenvalue weighted by molar-refractivity contribution is 6.28. The van der Waals surface area contributed by atoms with Crippen LogP contribution < -0.4 is 56.9 Å². The number of aromatic nitrogens is 10. The summed E-state index contributed by atoms with van der Waals surface area (Å²) < 4.78 is 127. The number of ether oxygens (including phenoxy) is 8. The molecule has 740 valence electrons. The van der Waals surface area contributed by atoms with Gasteiger partial charge in [-0.15, -0.1) is 0 Å². The molecule has 0 aliphatic carbocycles. The Labute approximate surface area is 814 Å². The van der Waals surface area contributed by atoms with E-state index in [-0.39, 0.29) is 60.8 Å². The Kier molecular flexibility index (Phi) is 38.7. The van der Waals surface area contributed by atoms with Gasteiger partial charge in [0.2, 0.25) is 40.8 Å². The number of carbonyl (C=O) groups is 1. The van der Waals surface area contributed by atoms with Gasteiger partial charge < -0.3 is 73.6 Å². The van der Waals surface area contributed by atoms with E-state index in [0.717, 1.165) is 184 Å². The third-order valence-electron chi connectivity index (χ3n) is 23.6. The molecule has 27 nitrogen and oxygen atoms in total. The van der Waals surface area contributed by atoms with Crippen molar-refractivity contribution in [3.8, 4) is 23.3 Å². The van der Waals surface area contributed by atoms with Crippen LogP contribution in [0.4, 0.5) is 72.9 Å². The lowest BCUT2D eigenvalue weighted by molar-refractivity contribution is -0.181. The van der Waals surface area contributed by atoms with Crippen molar-refractivity contribution in [2.75, 3.05) is 61.9 Å². The van der Waals surface area contributed by atoms with Crippen molar-refractivity contribution in [1.29, 1.82) is 0 Å². The number of carbonyl (C=O) groups excluding carboxylic acids is 1. The second kappa shape index (κ2) is 50.8. The lowest BCUT2D eigenvalue weighted by Gasteiger charge is -2.23. The molecular formula is C106H119ClF6N14O13. The molecule has 7 N–H and O–H groups in total. The number of anilines is 8. The van der Waals surface area contributed by atoms with Crippen LogP contribution in [0.2, 0.25) is 5.28 Å². The minimum absolute atomic E-state index is 0. The van der Waals surface area contributed by atoms with Gasteiger partial charge in [0, 0.05) is 95.1 Å². The second-order valence-corrected chi connectivity index (χ2v) is 34.6. The molecule has 5 aromatic heterocycles. The number of aliphatic hydroxyl groups excluding tert-OH is 1. The Morgan fingerprint density at radius 1 is 0.464 bits per heavy atom. The zero-order valence-electron chi connectivity index (χ0n) is 80.1. The number of nitrogens with zero attached hydrogens (tertiary/aromatic N) is 8. The fourth-order valence-electron chi connectivity index (χ4n) is 15.4. The van der Waals surface area contributed by atoms with E-state index in [1.54, 1.807) is 24.9 Å². The Balaban J connectivity index is 0.000000168. The van der Waals surface area contributed by atoms with Crippen molar-refractivity contribution in [2.45, 2.75) is 206 Å². The summed E-state index contributed by atoms with van der Waals surface area (Å²) >= 11 is 6.01. The number of nitrogens with one attached hydrogen (secondary N) is 6. The van der Waals surface area contributed by atoms with Gasteiger partial charge in [0.15, 0.2) is 47.5 Å². The molecule has 3 aliphatic heterocycles. The first kappa shape index (κ1) is 107. The van der Waals surface area contributed by atoms with Crippen molar-refractivity contribution in [2.24, 2.45) is 0 Å². The van der Waals surface area contributed by atoms with Gasteiger partial charge in [0.25, 0.3) is 16.7 Å². The van der Waals surface area contributed by atoms with Crippen LogP contribution in [-0.4, -0.2) is 114 Å². The predicted octanol–water partition coefficient (Wildman–Crippen LogP) is 21.4. The summed E-state index contributed by atoms with van der Waals surface area (Å²) in [5.74, 6) is -4.22. The van der Waals surface area contributed by atoms with Crippen LogP contribution in [0.25, 0.3) is 0 Å². The second-order valence-electron chi connectivity index (χ2n) is 34.3. The van der Waals surface area contributed by atoms with Gasteiger partial charge >= 0.3 is 0 Å². The molecule has 34 heteroatoms. The first-order valence-electron chi connectivity index (χ1n) is 45.6. The normalized spacial score (nSPS) is 13.5. The first-order chi connectivity index (χ1) is 66.6. The van der Waals surface area contributed by atoms with Gasteiger partial charge in [0.05, 0.1) is 58.5 Å². The number of H-pyrrole nitrogens is 2. The Morgan fingerprint density at radius 3 is 1.31 bits per heavy atom. The summed E-state index contributed by atoms with van der Waals surface area (Å²) in [5.41, 5.74) is 21.7. The third kappa shape index (κ3) is 30.7. The molecule has 2 atom stereocenters. The van der Waals surface area contributed by atoms with E-state index in [2.05, 4.69) is 107 Å². The summed E-state index contributed by atoms with van der Waals surface area (Å²) in [4.78, 5) is 82.0. The molecule has 0 spiro atoms. The van der Waals surface area contributed by atoms with Crippen molar-refractivity contribution < 1.29 is 74.1 Å². The van der Waals surface area contributed by atoms with Crippen molar-refractivity contribution in [3.63, 3.8) is 0 Å². The number of aldehydes is 1. The molecule has 13 aromatic rings. The van der Waals surface area contributed by atoms with Gasteiger partial charge in [-0.1, -0.05) is 56.0 Å². The molecular weight excluding hydrogens is 1830 g/mol. The fraction of sp³-hybridized carbons (Fsp3) is 0.349. The van der Waals surface area contributed by atoms with Gasteiger partial charge in [-0.2, -0.15) is 15.0 Å². The highest BCUT2D eigenvalue weighted by Gasteiger charge is 2.30. The molecule has 2 saturated heterocycles. The van der Waals surface area contributed by atoms with Crippen LogP contribution in [0.3, 0.4) is 0 Å². The van der Waals surface area contributed by atoms with Gasteiger partial charge in [0.1, 0.15) is 31.0 Å². The number of aryl methyl sites for hydroxylation is 17. The number of hydrogen-bond donors (Lipinski definition) is 7. The highest BCUT2D eigenvalue weighted by Crippen LogP contribution is 2.38. The van der Waals surface area contributed by atoms with Gasteiger partial charge in [-0.05, 0) is 314 Å². The fourth-order valence-corrected chi connectivity index (χ4v) is 15.6. The highest BCUT2D eigenvalue weighted by atomic mass is 35.5. The molecule has 0 bridgehead atoms. The Bertz CT molecular complexity index is 6600. The summed E-state index contributed by atoms with van der Waals surface area (Å²) in [6.45, 7) is 28.0. The molecule has 8 heterocycles. The van der Waals surface area contributed by atoms with Crippen molar-refractivity contribution in [1.82, 2.24) is 49.4 Å². The van der Waals surface area contributed by atoms with Crippen LogP contribution >= 0.6 is 11.6 Å². The van der Waals surface area contributed by atoms with Crippen LogP contribution in [-0.2, 0) is 69.1 Å². The van der Waals surface area contributed by atoms with Crippen LogP contribution in [0.15, 0.2) is 166 Å². The molecule has 0 amide bonds. The van der Waals surface area contributed by atoms with E-state index in [9.17, 15) is 50.6 Å². The molecule has 8 aromatic carbocycles. The van der Waals surface area contributed by atoms with E-state index in [1.165, 1.54) is 40.5 Å². The number of rotatable bonds is 30. The number of aromatic amines is 2. The average Bonchev–Trinajstić information content (AvgIpc) is 1.60. The number of methoxy groups -OCH3 is 2. The van der Waals surface area contributed by atoms with Gasteiger partial charge in [-0.25, -0.2) is 46.3 Å². The maximum Gasteiger partial charge on any atom is 0.274 e. The quantitative estimate of drug-likeness (QED) is 0.00951. The van der Waals surface area contributed by atoms with Crippen molar-refractivity contribution >= 4 is 64.4 Å². The standard InChI is InChI=1S/C27H33N3O4.C22H22F3N3O2.C22H20F3N3O.C18H21ClN2O4.C16H19N3O2.CH4/c1-18-14-20(3)24(15-19(18)2)29-27-28-22(8-11-26-32-12-5-13-33-26)16-25(30-27)34-17-21-6-9-23(31-4)10-7-21;1-11-6-13(3)18(7-12(11)2)27-22-26-15(10-20(30)28-22)4-5-19(29)14-8-16(23)21(25)17(24)9-14;1-11-6-13(3)18(7-12(11)2)26-22-27-20(29)10-15-4-5-19(28(15)22)14-8-16(23)21(25)17(24)9-14;1-22-15-6-3-13(4-7-15)12-25-16-11-14(20-18(19)21-16)5-8-17-23-9-2-10-24-17;1-10-7-12(3)14(8-11(10)2)18-16-17-13(5-4-6-20)9-15(21)19-16;/h6-7,9-10,14-16,26H,5,8,11-13,17H2,1-4H3,(H,28,29,30);6-10,19,29H,4-5H2,1-3H3,(H2,26,27,28,30);6-10,19H,4-5H2,1-3H3,(H,26,27,29);3-4,6-7,11,17H,2,5,8-10,12H2,1H3;6-9H,4-5H2,1-3H3,(H2,17,18,19,21);1H4. The van der Waals surface area contributed by atoms with Crippen molar-refractivity contribution in [3.05, 3.63) is 340 Å². The van der Waals surface area contributed by atoms with E-state index in [0.29, 0.717) is 104 Å². The first-order valence-corrected chi connectivity index (χ1v) is 46.0. The number of benzene rings is 8. The van der Waals surface area contributed by atoms with Crippen LogP contribution in [0, 0.1) is 118 Å². The molecule has 0 radical (unpaired) electrons. The maximum atomic E-state index is 13.8. The Hall–Kier alpha value is -13.7. The SMILES string of the molecule is C.COc1ccc(COc2cc(CCC3OCCCO3)nc(Cl)n2)cc1.COc1ccc(COc2cc(CCC3OCCCO3)nc(Nc3cc(C)c(C)cc3C)n2)cc1.Cc1cc(C)c(Nc2nc(=O)cc3n2C(c2cc(F)c(F)c(F)c2)CC3)cc1C.Cc1cc(C)c(Nc2nc(CCC(O)c3cc(F)c(F)c(F)c3)cc(=O)[nH]2)cc1C.Cc1cc(C)c(Nc2nc(CCC=O)cc(=O)[nH]2)cc1C. The molecule has 2 unspecified atom stereocenters. The lowest BCUT2D eigenvalue weighted by atomic mass is 10.0. The van der Waals surface area contributed by atoms with E-state index >= 15 is 0 Å². The Morgan fingerprint density at radius 2 is 0.864 bits per heavy atom. The summed E-state index contributed by atoms with van der Waals surface area (Å²) in [5, 5.41) is 23.2. The van der Waals surface area contributed by atoms with E-state index in [1.807, 2.05) is 140 Å². The van der Waals surface area contributed by atoms with E-state index in [4.69, 9.17) is 54.5 Å². The topological polar surface area (TPSA) is 337 Å². The summed E-state index contributed by atoms with van der Waals surface area (Å²) in [6, 6.07) is 42.8. The zero-order chi connectivity index (χ0) is 99.7. The smallest absolute Gasteiger partial charge is 0.274 e. The third-order valence-corrected chi connectivity index (χ3v) is 23.8. The lowest BCUT2D eigenvalue weighted by Crippen LogP contribution is -2.25. The number of halogens is 7. The minimum Gasteiger partial charge on any atom is -0.497 e. The van der Waals surface area contributed by atoms with Crippen LogP contribution in [0.1, 0.15) is 182 Å². The zero-order valence-corrected chi connectivity index (χ0v) is 80.9. The van der Waals surface area contributed by atoms with Crippen LogP contribution in [0.5, 0.6) is 23.3 Å². The number of aliphatic hydroxyl groups is 1. The predicted molar refractivity (Wildman–Crippen MR) is 528 cm³/mol. The molecule has 2 fully saturated rings. The van der Waals surface area contributed by atoms with Gasteiger partial charge in [-0.3, -0.25) is 24.4 Å². The monoisotopic (exact) mass is 1940 g/mol. The molecule has 140 heavy (non-hydrogen) atoms. The largest absolute Gasteiger partial charge is 0.497 e. The maximum absolute atomic E-state index is 13.8. The number of hydrogen-bond acceptors (Lipinski definition) is 24. The number of fused-ring (bicyclic) bond motifs is 1. The molecule has 0 saturated carbocycles.